The first-order chi connectivity index (χ1) is 20.3. The van der Waals surface area contributed by atoms with Crippen LogP contribution in [0.3, 0.4) is 0 Å². The first-order valence-electron chi connectivity index (χ1n) is 14.9. The van der Waals surface area contributed by atoms with Crippen molar-refractivity contribution in [3.05, 3.63) is 82.2 Å². The summed E-state index contributed by atoms with van der Waals surface area (Å²) in [5.41, 5.74) is 14.1. The highest BCUT2D eigenvalue weighted by molar-refractivity contribution is 5.95. The van der Waals surface area contributed by atoms with Crippen LogP contribution in [-0.2, 0) is 0 Å². The summed E-state index contributed by atoms with van der Waals surface area (Å²) in [7, 11) is 6.94. The second-order valence-electron chi connectivity index (χ2n) is 9.93. The molecule has 0 radical (unpaired) electrons. The van der Waals surface area contributed by atoms with Crippen LogP contribution in [0.25, 0.3) is 11.6 Å². The van der Waals surface area contributed by atoms with Gasteiger partial charge in [0.05, 0.1) is 13.2 Å². The maximum absolute atomic E-state index is 12.4. The Morgan fingerprint density at radius 3 is 2.52 bits per heavy atom. The molecule has 0 bridgehead atoms. The van der Waals surface area contributed by atoms with Gasteiger partial charge in [0.2, 0.25) is 0 Å². The lowest BCUT2D eigenvalue weighted by atomic mass is 9.96. The van der Waals surface area contributed by atoms with E-state index in [1.165, 1.54) is 16.7 Å². The Balaban J connectivity index is 0.00000148. The van der Waals surface area contributed by atoms with E-state index < -0.39 is 0 Å². The number of carbonyl (C=O) groups excluding carboxylic acids is 1. The quantitative estimate of drug-likeness (QED) is 0.417. The Morgan fingerprint density at radius 1 is 1.21 bits per heavy atom. The number of carbonyl (C=O) groups is 1. The smallest absolute Gasteiger partial charge is 0.253 e. The van der Waals surface area contributed by atoms with Gasteiger partial charge in [0, 0.05) is 69.4 Å². The number of amidine groups is 1. The number of aryl methyl sites for hydroxylation is 1. The molecule has 1 atom stereocenters. The van der Waals surface area contributed by atoms with Gasteiger partial charge < -0.3 is 15.1 Å². The molecule has 2 aromatic rings. The molecule has 0 saturated heterocycles. The number of hydrogen-bond donors (Lipinski definition) is 2. The SMILES string of the molecule is CC.CC.CN=C1C=CC(c2ccnc(C)c2/C=C(\C)CN2CC=C(c3ccc(C(=O)N(C)C)cc3OC)CC2)NN1. The first-order valence-corrected chi connectivity index (χ1v) is 14.9. The Hall–Kier alpha value is -3.75. The summed E-state index contributed by atoms with van der Waals surface area (Å²) in [5, 5.41) is 0. The van der Waals surface area contributed by atoms with Crippen LogP contribution in [0.4, 0.5) is 0 Å². The number of pyridine rings is 1. The zero-order chi connectivity index (χ0) is 31.2. The van der Waals surface area contributed by atoms with Crippen LogP contribution in [0.2, 0.25) is 0 Å². The Labute approximate surface area is 253 Å². The highest BCUT2D eigenvalue weighted by atomic mass is 16.5. The number of hydrazine groups is 1. The van der Waals surface area contributed by atoms with Crippen molar-refractivity contribution in [2.45, 2.75) is 54.0 Å². The van der Waals surface area contributed by atoms with Gasteiger partial charge in [-0.1, -0.05) is 57.6 Å². The van der Waals surface area contributed by atoms with E-state index in [-0.39, 0.29) is 11.9 Å². The molecule has 228 valence electrons. The van der Waals surface area contributed by atoms with Gasteiger partial charge in [-0.3, -0.25) is 19.7 Å². The lowest BCUT2D eigenvalue weighted by Crippen LogP contribution is -2.42. The molecule has 1 aromatic carbocycles. The highest BCUT2D eigenvalue weighted by Gasteiger charge is 2.20. The molecule has 0 saturated carbocycles. The molecule has 0 aliphatic carbocycles. The predicted molar refractivity (Wildman–Crippen MR) is 177 cm³/mol. The van der Waals surface area contributed by atoms with Crippen LogP contribution in [0.5, 0.6) is 5.75 Å². The molecule has 8 heteroatoms. The van der Waals surface area contributed by atoms with Crippen LogP contribution in [0.15, 0.2) is 59.3 Å². The van der Waals surface area contributed by atoms with Crippen molar-refractivity contribution >= 4 is 23.4 Å². The minimum absolute atomic E-state index is 0.0287. The molecule has 2 aliphatic rings. The molecule has 0 fully saturated rings. The zero-order valence-electron chi connectivity index (χ0n) is 27.2. The van der Waals surface area contributed by atoms with Crippen molar-refractivity contribution in [1.29, 1.82) is 0 Å². The molecule has 8 nitrogen and oxygen atoms in total. The number of nitrogens with zero attached hydrogens (tertiary/aromatic N) is 4. The van der Waals surface area contributed by atoms with Crippen LogP contribution < -0.4 is 15.6 Å². The minimum atomic E-state index is -0.0287. The van der Waals surface area contributed by atoms with E-state index in [9.17, 15) is 4.79 Å². The van der Waals surface area contributed by atoms with Gasteiger partial charge in [0.15, 0.2) is 0 Å². The van der Waals surface area contributed by atoms with E-state index in [1.54, 1.807) is 33.2 Å². The van der Waals surface area contributed by atoms with E-state index >= 15 is 0 Å². The lowest BCUT2D eigenvalue weighted by Gasteiger charge is -2.28. The Bertz CT molecular complexity index is 1310. The van der Waals surface area contributed by atoms with Gasteiger partial charge in [0.25, 0.3) is 5.91 Å². The van der Waals surface area contributed by atoms with Crippen molar-refractivity contribution in [3.63, 3.8) is 0 Å². The van der Waals surface area contributed by atoms with E-state index in [2.05, 4.69) is 63.9 Å². The van der Waals surface area contributed by atoms with Gasteiger partial charge in [0.1, 0.15) is 11.6 Å². The number of methoxy groups -OCH3 is 1. The van der Waals surface area contributed by atoms with Crippen LogP contribution in [-0.4, -0.2) is 74.4 Å². The molecular weight excluding hydrogens is 524 g/mol. The first kappa shape index (κ1) is 34.5. The van der Waals surface area contributed by atoms with Crippen molar-refractivity contribution in [1.82, 2.24) is 25.6 Å². The minimum Gasteiger partial charge on any atom is -0.496 e. The number of aliphatic imine (C=N–C) groups is 1. The number of hydrogen-bond acceptors (Lipinski definition) is 6. The maximum Gasteiger partial charge on any atom is 0.253 e. The Morgan fingerprint density at radius 2 is 1.95 bits per heavy atom. The zero-order valence-corrected chi connectivity index (χ0v) is 27.2. The molecule has 3 heterocycles. The normalized spacial score (nSPS) is 17.7. The molecule has 1 unspecified atom stereocenters. The third-order valence-electron chi connectivity index (χ3n) is 6.96. The van der Waals surface area contributed by atoms with Gasteiger partial charge in [-0.2, -0.15) is 0 Å². The fourth-order valence-electron chi connectivity index (χ4n) is 4.89. The summed E-state index contributed by atoms with van der Waals surface area (Å²) in [6, 6.07) is 7.84. The lowest BCUT2D eigenvalue weighted by molar-refractivity contribution is 0.0827. The summed E-state index contributed by atoms with van der Waals surface area (Å²) < 4.78 is 5.65. The van der Waals surface area contributed by atoms with Gasteiger partial charge >= 0.3 is 0 Å². The topological polar surface area (TPSA) is 82.1 Å². The number of aromatic nitrogens is 1. The average molecular weight is 575 g/mol. The molecule has 1 amide bonds. The molecule has 2 N–H and O–H groups in total. The second-order valence-corrected chi connectivity index (χ2v) is 9.93. The number of nitrogens with one attached hydrogen (secondary N) is 2. The van der Waals surface area contributed by atoms with Gasteiger partial charge in [-0.25, -0.2) is 5.43 Å². The van der Waals surface area contributed by atoms with Crippen LogP contribution in [0, 0.1) is 6.92 Å². The van der Waals surface area contributed by atoms with Gasteiger partial charge in [-0.05, 0) is 55.7 Å². The summed E-state index contributed by atoms with van der Waals surface area (Å²) in [5.74, 6) is 1.53. The van der Waals surface area contributed by atoms with Crippen molar-refractivity contribution < 1.29 is 9.53 Å². The Kier molecular flexibility index (Phi) is 14.2. The van der Waals surface area contributed by atoms with Crippen molar-refractivity contribution in [2.24, 2.45) is 4.99 Å². The maximum atomic E-state index is 12.4. The number of ether oxygens (including phenoxy) is 1. The van der Waals surface area contributed by atoms with Crippen LogP contribution in [0.1, 0.15) is 79.8 Å². The third kappa shape index (κ3) is 8.87. The summed E-state index contributed by atoms with van der Waals surface area (Å²) >= 11 is 0. The predicted octanol–water partition coefficient (Wildman–Crippen LogP) is 6.08. The molecule has 2 aliphatic heterocycles. The second kappa shape index (κ2) is 17.3. The van der Waals surface area contributed by atoms with E-state index in [4.69, 9.17) is 4.74 Å². The average Bonchev–Trinajstić information content (AvgIpc) is 3.03. The molecule has 0 spiro atoms. The standard InChI is InChI=1S/C30H38N6O2.2C2H6/c1-20(17-26-21(2)32-14-11-25(26)27-9-10-29(31-3)34-33-27)19-36-15-12-22(13-16-36)24-8-7-23(18-28(24)38-6)30(37)35(4)5;2*1-2/h7-12,14,17-18,27,33H,13,15-16,19H2,1-6H3,(H,31,34);2*1-2H3/b20-17+;;. The summed E-state index contributed by atoms with van der Waals surface area (Å²) in [6.07, 6.45) is 11.4. The molecule has 1 aromatic heterocycles. The van der Waals surface area contributed by atoms with Crippen LogP contribution >= 0.6 is 0 Å². The van der Waals surface area contributed by atoms with E-state index in [0.717, 1.165) is 54.5 Å². The highest BCUT2D eigenvalue weighted by Crippen LogP contribution is 2.32. The van der Waals surface area contributed by atoms with Crippen molar-refractivity contribution in [3.8, 4) is 5.75 Å². The number of amides is 1. The molecule has 4 rings (SSSR count). The van der Waals surface area contributed by atoms with E-state index in [0.29, 0.717) is 5.56 Å². The summed E-state index contributed by atoms with van der Waals surface area (Å²) in [4.78, 5) is 25.1. The third-order valence-corrected chi connectivity index (χ3v) is 6.96. The molecular formula is C34H50N6O2. The number of benzene rings is 1. The number of rotatable bonds is 7. The fourth-order valence-corrected chi connectivity index (χ4v) is 4.89. The largest absolute Gasteiger partial charge is 0.496 e. The molecule has 42 heavy (non-hydrogen) atoms. The fraction of sp³-hybridized carbons (Fsp3) is 0.441. The summed E-state index contributed by atoms with van der Waals surface area (Å²) in [6.45, 7) is 14.9. The monoisotopic (exact) mass is 574 g/mol. The van der Waals surface area contributed by atoms with Gasteiger partial charge in [-0.15, -0.1) is 0 Å². The van der Waals surface area contributed by atoms with E-state index in [1.807, 2.05) is 58.2 Å². The van der Waals surface area contributed by atoms with Crippen molar-refractivity contribution in [2.75, 3.05) is 47.9 Å².